The predicted molar refractivity (Wildman–Crippen MR) is 68.7 cm³/mol. The number of nitriles is 2. The molecule has 1 aromatic carbocycles. The standard InChI is InChI=1S/C14H11N3/c1-3-6-17-14-5-4-12(7-11(14)2)8-13(9-15)10-16/h3-8H,1H2,2H3/b17-6-. The lowest BCUT2D eigenvalue weighted by Gasteiger charge is -2.01. The van der Waals surface area contributed by atoms with Crippen molar-refractivity contribution >= 4 is 18.0 Å². The van der Waals surface area contributed by atoms with Gasteiger partial charge in [-0.25, -0.2) is 0 Å². The van der Waals surface area contributed by atoms with E-state index in [2.05, 4.69) is 11.6 Å². The van der Waals surface area contributed by atoms with Gasteiger partial charge in [-0.1, -0.05) is 18.7 Å². The molecule has 0 spiro atoms. The quantitative estimate of drug-likeness (QED) is 0.580. The van der Waals surface area contributed by atoms with Crippen LogP contribution in [0.15, 0.2) is 41.4 Å². The van der Waals surface area contributed by atoms with Gasteiger partial charge in [0, 0.05) is 6.21 Å². The molecule has 17 heavy (non-hydrogen) atoms. The summed E-state index contributed by atoms with van der Waals surface area (Å²) >= 11 is 0. The first-order valence-electron chi connectivity index (χ1n) is 4.99. The highest BCUT2D eigenvalue weighted by Crippen LogP contribution is 2.20. The van der Waals surface area contributed by atoms with Crippen LogP contribution in [0.1, 0.15) is 11.1 Å². The smallest absolute Gasteiger partial charge is 0.130 e. The number of aliphatic imine (C=N–C) groups is 1. The molecule has 0 atom stereocenters. The van der Waals surface area contributed by atoms with Crippen molar-refractivity contribution in [1.82, 2.24) is 0 Å². The third-order valence-corrected chi connectivity index (χ3v) is 2.09. The Balaban J connectivity index is 3.10. The molecule has 3 nitrogen and oxygen atoms in total. The van der Waals surface area contributed by atoms with Crippen LogP contribution in [-0.4, -0.2) is 6.21 Å². The minimum Gasteiger partial charge on any atom is -0.257 e. The maximum Gasteiger partial charge on any atom is 0.130 e. The van der Waals surface area contributed by atoms with Crippen molar-refractivity contribution < 1.29 is 0 Å². The zero-order chi connectivity index (χ0) is 12.7. The van der Waals surface area contributed by atoms with E-state index in [-0.39, 0.29) is 5.57 Å². The monoisotopic (exact) mass is 221 g/mol. The molecule has 0 aliphatic carbocycles. The number of hydrogen-bond donors (Lipinski definition) is 0. The molecule has 0 saturated heterocycles. The van der Waals surface area contributed by atoms with Crippen molar-refractivity contribution in [3.8, 4) is 12.1 Å². The molecule has 82 valence electrons. The van der Waals surface area contributed by atoms with Gasteiger partial charge in [0.2, 0.25) is 0 Å². The molecule has 1 aromatic rings. The lowest BCUT2D eigenvalue weighted by molar-refractivity contribution is 1.39. The Morgan fingerprint density at radius 3 is 2.59 bits per heavy atom. The van der Waals surface area contributed by atoms with Gasteiger partial charge in [0.05, 0.1) is 5.69 Å². The summed E-state index contributed by atoms with van der Waals surface area (Å²) in [5, 5.41) is 17.3. The second-order valence-corrected chi connectivity index (χ2v) is 3.34. The molecule has 3 heteroatoms. The van der Waals surface area contributed by atoms with Crippen LogP contribution in [0.5, 0.6) is 0 Å². The summed E-state index contributed by atoms with van der Waals surface area (Å²) in [5.41, 5.74) is 2.73. The summed E-state index contributed by atoms with van der Waals surface area (Å²) in [5.74, 6) is 0. The summed E-state index contributed by atoms with van der Waals surface area (Å²) in [6.45, 7) is 5.48. The molecule has 0 fully saturated rings. The molecule has 0 heterocycles. The number of allylic oxidation sites excluding steroid dienone is 2. The highest BCUT2D eigenvalue weighted by molar-refractivity contribution is 5.75. The largest absolute Gasteiger partial charge is 0.257 e. The van der Waals surface area contributed by atoms with E-state index in [9.17, 15) is 0 Å². The minimum absolute atomic E-state index is 0.0896. The van der Waals surface area contributed by atoms with Crippen molar-refractivity contribution in [3.63, 3.8) is 0 Å². The molecule has 0 N–H and O–H groups in total. The van der Waals surface area contributed by atoms with Crippen LogP contribution in [0.25, 0.3) is 6.08 Å². The average molecular weight is 221 g/mol. The van der Waals surface area contributed by atoms with Crippen molar-refractivity contribution in [2.45, 2.75) is 6.92 Å². The molecule has 1 rings (SSSR count). The maximum atomic E-state index is 8.65. The summed E-state index contributed by atoms with van der Waals surface area (Å²) in [6.07, 6.45) is 4.78. The Morgan fingerprint density at radius 2 is 2.06 bits per heavy atom. The van der Waals surface area contributed by atoms with Gasteiger partial charge in [-0.05, 0) is 36.3 Å². The van der Waals surface area contributed by atoms with E-state index in [1.807, 2.05) is 37.3 Å². The zero-order valence-corrected chi connectivity index (χ0v) is 9.51. The molecular formula is C14H11N3. The highest BCUT2D eigenvalue weighted by Gasteiger charge is 1.98. The fourth-order valence-electron chi connectivity index (χ4n) is 1.30. The third-order valence-electron chi connectivity index (χ3n) is 2.09. The first kappa shape index (κ1) is 12.4. The Hall–Kier alpha value is -2.65. The minimum atomic E-state index is 0.0896. The Morgan fingerprint density at radius 1 is 1.35 bits per heavy atom. The fourth-order valence-corrected chi connectivity index (χ4v) is 1.30. The molecule has 0 aliphatic rings. The molecule has 0 aliphatic heterocycles. The lowest BCUT2D eigenvalue weighted by atomic mass is 10.1. The predicted octanol–water partition coefficient (Wildman–Crippen LogP) is 3.31. The van der Waals surface area contributed by atoms with Crippen molar-refractivity contribution in [2.24, 2.45) is 4.99 Å². The van der Waals surface area contributed by atoms with Crippen LogP contribution in [0.2, 0.25) is 0 Å². The fraction of sp³-hybridized carbons (Fsp3) is 0.0714. The zero-order valence-electron chi connectivity index (χ0n) is 9.51. The molecule has 0 radical (unpaired) electrons. The van der Waals surface area contributed by atoms with Crippen LogP contribution in [-0.2, 0) is 0 Å². The van der Waals surface area contributed by atoms with E-state index in [4.69, 9.17) is 10.5 Å². The molecule has 0 saturated carbocycles. The van der Waals surface area contributed by atoms with Gasteiger partial charge in [0.25, 0.3) is 0 Å². The second-order valence-electron chi connectivity index (χ2n) is 3.34. The molecule has 0 unspecified atom stereocenters. The van der Waals surface area contributed by atoms with Gasteiger partial charge in [0.1, 0.15) is 17.7 Å². The number of aryl methyl sites for hydroxylation is 1. The van der Waals surface area contributed by atoms with E-state index in [1.54, 1.807) is 18.4 Å². The van der Waals surface area contributed by atoms with Gasteiger partial charge in [-0.3, -0.25) is 4.99 Å². The molecular weight excluding hydrogens is 210 g/mol. The highest BCUT2D eigenvalue weighted by atomic mass is 14.7. The third kappa shape index (κ3) is 3.44. The molecule has 0 amide bonds. The summed E-state index contributed by atoms with van der Waals surface area (Å²) < 4.78 is 0. The van der Waals surface area contributed by atoms with Crippen LogP contribution in [0.4, 0.5) is 5.69 Å². The molecule has 0 aromatic heterocycles. The lowest BCUT2D eigenvalue weighted by Crippen LogP contribution is -1.80. The summed E-state index contributed by atoms with van der Waals surface area (Å²) in [6, 6.07) is 9.19. The van der Waals surface area contributed by atoms with E-state index in [0.717, 1.165) is 16.8 Å². The Bertz CT molecular complexity index is 550. The van der Waals surface area contributed by atoms with E-state index < -0.39 is 0 Å². The van der Waals surface area contributed by atoms with Crippen LogP contribution in [0, 0.1) is 29.6 Å². The van der Waals surface area contributed by atoms with Gasteiger partial charge in [-0.15, -0.1) is 0 Å². The first-order chi connectivity index (χ1) is 8.21. The van der Waals surface area contributed by atoms with Gasteiger partial charge < -0.3 is 0 Å². The van der Waals surface area contributed by atoms with Gasteiger partial charge in [0.15, 0.2) is 0 Å². The number of hydrogen-bond acceptors (Lipinski definition) is 3. The number of rotatable bonds is 3. The molecule has 0 bridgehead atoms. The van der Waals surface area contributed by atoms with E-state index in [0.29, 0.717) is 0 Å². The van der Waals surface area contributed by atoms with E-state index >= 15 is 0 Å². The van der Waals surface area contributed by atoms with E-state index in [1.165, 1.54) is 0 Å². The number of nitrogens with zero attached hydrogens (tertiary/aromatic N) is 3. The Kier molecular flexibility index (Phi) is 4.42. The van der Waals surface area contributed by atoms with Gasteiger partial charge >= 0.3 is 0 Å². The second kappa shape index (κ2) is 6.05. The van der Waals surface area contributed by atoms with Crippen LogP contribution in [0.3, 0.4) is 0 Å². The maximum absolute atomic E-state index is 8.65. The van der Waals surface area contributed by atoms with Crippen molar-refractivity contribution in [3.05, 3.63) is 47.6 Å². The summed E-state index contributed by atoms with van der Waals surface area (Å²) in [7, 11) is 0. The Labute approximate surface area is 101 Å². The topological polar surface area (TPSA) is 59.9 Å². The first-order valence-corrected chi connectivity index (χ1v) is 4.99. The van der Waals surface area contributed by atoms with Crippen molar-refractivity contribution in [1.29, 1.82) is 10.5 Å². The average Bonchev–Trinajstić information content (AvgIpc) is 2.35. The van der Waals surface area contributed by atoms with Gasteiger partial charge in [-0.2, -0.15) is 10.5 Å². The normalized spacial score (nSPS) is 9.35. The van der Waals surface area contributed by atoms with Crippen molar-refractivity contribution in [2.75, 3.05) is 0 Å². The van der Waals surface area contributed by atoms with Crippen LogP contribution < -0.4 is 0 Å². The number of benzene rings is 1. The van der Waals surface area contributed by atoms with Crippen LogP contribution >= 0.6 is 0 Å². The SMILES string of the molecule is C=C/C=N\c1ccc(C=C(C#N)C#N)cc1C. The summed E-state index contributed by atoms with van der Waals surface area (Å²) in [4.78, 5) is 4.19.